The van der Waals surface area contributed by atoms with Crippen molar-refractivity contribution in [3.05, 3.63) is 24.0 Å². The van der Waals surface area contributed by atoms with E-state index >= 15 is 0 Å². The van der Waals surface area contributed by atoms with Gasteiger partial charge in [-0.2, -0.15) is 0 Å². The Kier molecular flexibility index (Phi) is 5.85. The molecule has 1 amide bonds. The first-order chi connectivity index (χ1) is 10.1. The van der Waals surface area contributed by atoms with Gasteiger partial charge >= 0.3 is 0 Å². The van der Waals surface area contributed by atoms with Gasteiger partial charge < -0.3 is 14.8 Å². The first kappa shape index (κ1) is 16.1. The zero-order valence-corrected chi connectivity index (χ0v) is 13.6. The van der Waals surface area contributed by atoms with Crippen molar-refractivity contribution in [2.24, 2.45) is 7.05 Å². The van der Waals surface area contributed by atoms with Crippen molar-refractivity contribution in [2.75, 3.05) is 13.1 Å². The molecule has 0 saturated carbocycles. The molecule has 1 aliphatic rings. The van der Waals surface area contributed by atoms with Gasteiger partial charge in [0.2, 0.25) is 5.91 Å². The fourth-order valence-corrected chi connectivity index (χ4v) is 3.33. The van der Waals surface area contributed by atoms with Crippen LogP contribution in [0.25, 0.3) is 0 Å². The SMILES string of the molecule is CCNC(C)CC(=O)N1CCCCCC1c1cccn1C. The standard InChI is InChI=1S/C17H29N3O/c1-4-18-14(2)13-17(21)20-12-7-5-6-9-16(20)15-10-8-11-19(15)3/h8,10-11,14,16,18H,4-7,9,12-13H2,1-3H3. The topological polar surface area (TPSA) is 37.3 Å². The molecule has 2 unspecified atom stereocenters. The summed E-state index contributed by atoms with van der Waals surface area (Å²) in [6.07, 6.45) is 7.32. The Morgan fingerprint density at radius 1 is 1.43 bits per heavy atom. The normalized spacial score (nSPS) is 21.1. The molecule has 1 saturated heterocycles. The minimum absolute atomic E-state index is 0.244. The third-order valence-electron chi connectivity index (χ3n) is 4.43. The summed E-state index contributed by atoms with van der Waals surface area (Å²) in [6, 6.07) is 4.72. The van der Waals surface area contributed by atoms with Crippen LogP contribution < -0.4 is 5.32 Å². The maximum atomic E-state index is 12.7. The van der Waals surface area contributed by atoms with Gasteiger partial charge in [-0.25, -0.2) is 0 Å². The van der Waals surface area contributed by atoms with Gasteiger partial charge in [0.1, 0.15) is 0 Å². The van der Waals surface area contributed by atoms with Crippen LogP contribution in [0, 0.1) is 0 Å². The highest BCUT2D eigenvalue weighted by atomic mass is 16.2. The Morgan fingerprint density at radius 2 is 2.24 bits per heavy atom. The first-order valence-corrected chi connectivity index (χ1v) is 8.27. The molecule has 1 aromatic rings. The van der Waals surface area contributed by atoms with Crippen molar-refractivity contribution in [2.45, 2.75) is 58.0 Å². The Balaban J connectivity index is 2.12. The van der Waals surface area contributed by atoms with E-state index < -0.39 is 0 Å². The second-order valence-electron chi connectivity index (χ2n) is 6.16. The van der Waals surface area contributed by atoms with Gasteiger partial charge in [-0.1, -0.05) is 19.8 Å². The Bertz CT molecular complexity index is 455. The van der Waals surface area contributed by atoms with Crippen LogP contribution in [0.5, 0.6) is 0 Å². The molecular formula is C17H29N3O. The van der Waals surface area contributed by atoms with Crippen LogP contribution in [0.2, 0.25) is 0 Å². The van der Waals surface area contributed by atoms with E-state index in [-0.39, 0.29) is 18.0 Å². The number of rotatable bonds is 5. The number of nitrogens with one attached hydrogen (secondary N) is 1. The largest absolute Gasteiger partial charge is 0.353 e. The number of carbonyl (C=O) groups is 1. The van der Waals surface area contributed by atoms with E-state index in [0.29, 0.717) is 6.42 Å². The Morgan fingerprint density at radius 3 is 2.90 bits per heavy atom. The summed E-state index contributed by atoms with van der Waals surface area (Å²) in [5.41, 5.74) is 1.27. The maximum absolute atomic E-state index is 12.7. The van der Waals surface area contributed by atoms with Crippen LogP contribution in [0.15, 0.2) is 18.3 Å². The molecule has 2 heterocycles. The monoisotopic (exact) mass is 291 g/mol. The number of carbonyl (C=O) groups excluding carboxylic acids is 1. The lowest BCUT2D eigenvalue weighted by atomic mass is 10.1. The number of hydrogen-bond donors (Lipinski definition) is 1. The lowest BCUT2D eigenvalue weighted by Gasteiger charge is -2.31. The van der Waals surface area contributed by atoms with Crippen molar-refractivity contribution < 1.29 is 4.79 Å². The summed E-state index contributed by atoms with van der Waals surface area (Å²) in [4.78, 5) is 14.9. The van der Waals surface area contributed by atoms with Crippen molar-refractivity contribution in [3.63, 3.8) is 0 Å². The van der Waals surface area contributed by atoms with E-state index in [4.69, 9.17) is 0 Å². The summed E-state index contributed by atoms with van der Waals surface area (Å²) in [5.74, 6) is 0.288. The van der Waals surface area contributed by atoms with Crippen molar-refractivity contribution in [1.29, 1.82) is 0 Å². The molecule has 1 fully saturated rings. The number of hydrogen-bond acceptors (Lipinski definition) is 2. The van der Waals surface area contributed by atoms with E-state index in [1.165, 1.54) is 18.5 Å². The second kappa shape index (κ2) is 7.64. The van der Waals surface area contributed by atoms with Gasteiger partial charge in [0.25, 0.3) is 0 Å². The molecule has 0 aliphatic carbocycles. The maximum Gasteiger partial charge on any atom is 0.224 e. The van der Waals surface area contributed by atoms with Crippen LogP contribution in [0.3, 0.4) is 0 Å². The predicted molar refractivity (Wildman–Crippen MR) is 86.1 cm³/mol. The molecule has 1 N–H and O–H groups in total. The van der Waals surface area contributed by atoms with E-state index in [9.17, 15) is 4.79 Å². The lowest BCUT2D eigenvalue weighted by Crippen LogP contribution is -2.39. The zero-order valence-electron chi connectivity index (χ0n) is 13.6. The molecule has 0 spiro atoms. The van der Waals surface area contributed by atoms with E-state index in [1.54, 1.807) is 0 Å². The van der Waals surface area contributed by atoms with Crippen LogP contribution in [-0.2, 0) is 11.8 Å². The molecule has 4 heteroatoms. The highest BCUT2D eigenvalue weighted by Crippen LogP contribution is 2.30. The average Bonchev–Trinajstić information content (AvgIpc) is 2.73. The first-order valence-electron chi connectivity index (χ1n) is 8.27. The zero-order chi connectivity index (χ0) is 15.2. The molecule has 2 rings (SSSR count). The number of aryl methyl sites for hydroxylation is 1. The molecule has 2 atom stereocenters. The third kappa shape index (κ3) is 4.10. The average molecular weight is 291 g/mol. The molecule has 0 aromatic carbocycles. The Labute approximate surface area is 128 Å². The van der Waals surface area contributed by atoms with Crippen molar-refractivity contribution in [3.8, 4) is 0 Å². The van der Waals surface area contributed by atoms with Crippen LogP contribution in [0.4, 0.5) is 0 Å². The quantitative estimate of drug-likeness (QED) is 0.906. The predicted octanol–water partition coefficient (Wildman–Crippen LogP) is 2.86. The highest BCUT2D eigenvalue weighted by molar-refractivity contribution is 5.77. The van der Waals surface area contributed by atoms with Gasteiger partial charge in [0.05, 0.1) is 6.04 Å². The number of aromatic nitrogens is 1. The summed E-state index contributed by atoms with van der Waals surface area (Å²) in [5, 5.41) is 3.34. The number of nitrogens with zero attached hydrogens (tertiary/aromatic N) is 2. The van der Waals surface area contributed by atoms with Crippen LogP contribution >= 0.6 is 0 Å². The summed E-state index contributed by atoms with van der Waals surface area (Å²) < 4.78 is 2.16. The second-order valence-corrected chi connectivity index (χ2v) is 6.16. The van der Waals surface area contributed by atoms with Crippen molar-refractivity contribution in [1.82, 2.24) is 14.8 Å². The molecule has 0 radical (unpaired) electrons. The molecular weight excluding hydrogens is 262 g/mol. The van der Waals surface area contributed by atoms with E-state index in [2.05, 4.69) is 54.0 Å². The van der Waals surface area contributed by atoms with Gasteiger partial charge in [-0.3, -0.25) is 4.79 Å². The van der Waals surface area contributed by atoms with Gasteiger partial charge in [0, 0.05) is 37.9 Å². The number of likely N-dealkylation sites (tertiary alicyclic amines) is 1. The summed E-state index contributed by atoms with van der Waals surface area (Å²) >= 11 is 0. The molecule has 4 nitrogen and oxygen atoms in total. The highest BCUT2D eigenvalue weighted by Gasteiger charge is 2.28. The molecule has 1 aliphatic heterocycles. The Hall–Kier alpha value is -1.29. The molecule has 1 aromatic heterocycles. The number of amides is 1. The van der Waals surface area contributed by atoms with Crippen LogP contribution in [0.1, 0.15) is 57.7 Å². The lowest BCUT2D eigenvalue weighted by molar-refractivity contribution is -0.134. The third-order valence-corrected chi connectivity index (χ3v) is 4.43. The van der Waals surface area contributed by atoms with Crippen molar-refractivity contribution >= 4 is 5.91 Å². The van der Waals surface area contributed by atoms with Crippen LogP contribution in [-0.4, -0.2) is 34.5 Å². The van der Waals surface area contributed by atoms with E-state index in [1.807, 2.05) is 0 Å². The smallest absolute Gasteiger partial charge is 0.224 e. The van der Waals surface area contributed by atoms with Gasteiger partial charge in [0.15, 0.2) is 0 Å². The summed E-state index contributed by atoms with van der Waals surface area (Å²) in [7, 11) is 2.07. The fourth-order valence-electron chi connectivity index (χ4n) is 3.33. The molecule has 21 heavy (non-hydrogen) atoms. The molecule has 118 valence electrons. The minimum Gasteiger partial charge on any atom is -0.353 e. The van der Waals surface area contributed by atoms with Gasteiger partial charge in [-0.05, 0) is 38.4 Å². The van der Waals surface area contributed by atoms with E-state index in [0.717, 1.165) is 25.9 Å². The fraction of sp³-hybridized carbons (Fsp3) is 0.706. The minimum atomic E-state index is 0.244. The molecule has 0 bridgehead atoms. The summed E-state index contributed by atoms with van der Waals surface area (Å²) in [6.45, 7) is 5.99. The van der Waals surface area contributed by atoms with Gasteiger partial charge in [-0.15, -0.1) is 0 Å².